The molecule has 0 bridgehead atoms. The molecule has 1 N–H and O–H groups in total. The van der Waals surface area contributed by atoms with Gasteiger partial charge in [-0.25, -0.2) is 4.98 Å². The smallest absolute Gasteiger partial charge is 0.228 e. The van der Waals surface area contributed by atoms with Gasteiger partial charge in [0.15, 0.2) is 0 Å². The van der Waals surface area contributed by atoms with Gasteiger partial charge in [-0.2, -0.15) is 0 Å². The maximum absolute atomic E-state index is 12.5. The molecule has 1 aromatic heterocycles. The molecular formula is C16H24N2O. The molecule has 2 rings (SSSR count). The predicted octanol–water partition coefficient (Wildman–Crippen LogP) is 3.73. The molecule has 1 aliphatic carbocycles. The Labute approximate surface area is 115 Å². The monoisotopic (exact) mass is 260 g/mol. The van der Waals surface area contributed by atoms with Crippen LogP contribution in [0.25, 0.3) is 0 Å². The zero-order valence-corrected chi connectivity index (χ0v) is 12.1. The minimum atomic E-state index is 0.130. The molecule has 3 heteroatoms. The number of nitrogens with zero attached hydrogens (tertiary/aromatic N) is 1. The average molecular weight is 260 g/mol. The highest BCUT2D eigenvalue weighted by molar-refractivity contribution is 5.91. The van der Waals surface area contributed by atoms with Crippen LogP contribution in [0.2, 0.25) is 0 Å². The third-order valence-corrected chi connectivity index (χ3v) is 4.28. The van der Waals surface area contributed by atoms with Gasteiger partial charge in [-0.05, 0) is 42.7 Å². The number of hydrogen-bond acceptors (Lipinski definition) is 2. The van der Waals surface area contributed by atoms with Gasteiger partial charge in [0.25, 0.3) is 0 Å². The van der Waals surface area contributed by atoms with Gasteiger partial charge < -0.3 is 5.32 Å². The van der Waals surface area contributed by atoms with Crippen molar-refractivity contribution in [1.29, 1.82) is 0 Å². The van der Waals surface area contributed by atoms with Gasteiger partial charge in [-0.1, -0.05) is 33.3 Å². The van der Waals surface area contributed by atoms with Crippen molar-refractivity contribution < 1.29 is 4.79 Å². The van der Waals surface area contributed by atoms with Crippen LogP contribution in [0.1, 0.15) is 40.0 Å². The van der Waals surface area contributed by atoms with Crippen LogP contribution < -0.4 is 5.32 Å². The normalized spacial score (nSPS) is 27.3. The lowest BCUT2D eigenvalue weighted by atomic mass is 9.70. The highest BCUT2D eigenvalue weighted by Gasteiger charge is 2.35. The first-order valence-electron chi connectivity index (χ1n) is 7.29. The number of rotatable bonds is 3. The summed E-state index contributed by atoms with van der Waals surface area (Å²) in [5, 5.41) is 2.97. The lowest BCUT2D eigenvalue weighted by Crippen LogP contribution is -2.36. The molecule has 0 saturated heterocycles. The molecule has 0 radical (unpaired) electrons. The van der Waals surface area contributed by atoms with Crippen LogP contribution in [0.4, 0.5) is 5.82 Å². The van der Waals surface area contributed by atoms with E-state index in [2.05, 4.69) is 31.1 Å². The maximum Gasteiger partial charge on any atom is 0.228 e. The first-order valence-corrected chi connectivity index (χ1v) is 7.29. The fourth-order valence-electron chi connectivity index (χ4n) is 3.16. The van der Waals surface area contributed by atoms with Gasteiger partial charge >= 0.3 is 0 Å². The van der Waals surface area contributed by atoms with E-state index in [1.165, 1.54) is 12.8 Å². The summed E-state index contributed by atoms with van der Waals surface area (Å²) in [7, 11) is 0. The summed E-state index contributed by atoms with van der Waals surface area (Å²) in [4.78, 5) is 16.6. The highest BCUT2D eigenvalue weighted by Crippen LogP contribution is 2.38. The molecule has 3 atom stereocenters. The number of carbonyl (C=O) groups excluding carboxylic acids is 1. The molecule has 1 aliphatic rings. The zero-order valence-electron chi connectivity index (χ0n) is 12.1. The van der Waals surface area contributed by atoms with Gasteiger partial charge in [0.2, 0.25) is 5.91 Å². The molecule has 1 heterocycles. The summed E-state index contributed by atoms with van der Waals surface area (Å²) in [5.41, 5.74) is 0. The van der Waals surface area contributed by atoms with Gasteiger partial charge in [-0.3, -0.25) is 4.79 Å². The van der Waals surface area contributed by atoms with Crippen molar-refractivity contribution in [2.45, 2.75) is 40.0 Å². The Morgan fingerprint density at radius 2 is 2.16 bits per heavy atom. The fourth-order valence-corrected chi connectivity index (χ4v) is 3.16. The second-order valence-electron chi connectivity index (χ2n) is 6.14. The molecule has 19 heavy (non-hydrogen) atoms. The fraction of sp³-hybridized carbons (Fsp3) is 0.625. The molecule has 1 aromatic rings. The molecule has 0 aliphatic heterocycles. The third-order valence-electron chi connectivity index (χ3n) is 4.28. The quantitative estimate of drug-likeness (QED) is 0.899. The Hall–Kier alpha value is -1.38. The van der Waals surface area contributed by atoms with Gasteiger partial charge in [0.1, 0.15) is 5.82 Å². The summed E-state index contributed by atoms with van der Waals surface area (Å²) in [5.74, 6) is 2.64. The first-order chi connectivity index (χ1) is 9.08. The van der Waals surface area contributed by atoms with E-state index in [0.29, 0.717) is 23.6 Å². The van der Waals surface area contributed by atoms with Gasteiger partial charge in [-0.15, -0.1) is 0 Å². The molecule has 0 unspecified atom stereocenters. The minimum Gasteiger partial charge on any atom is -0.310 e. The van der Waals surface area contributed by atoms with E-state index in [9.17, 15) is 4.79 Å². The van der Waals surface area contributed by atoms with Crippen molar-refractivity contribution in [1.82, 2.24) is 4.98 Å². The summed E-state index contributed by atoms with van der Waals surface area (Å²) >= 11 is 0. The van der Waals surface area contributed by atoms with Crippen LogP contribution in [-0.4, -0.2) is 10.9 Å². The first kappa shape index (κ1) is 14.0. The number of aromatic nitrogens is 1. The summed E-state index contributed by atoms with van der Waals surface area (Å²) in [6, 6.07) is 5.59. The maximum atomic E-state index is 12.5. The van der Waals surface area contributed by atoms with E-state index >= 15 is 0 Å². The Morgan fingerprint density at radius 3 is 2.79 bits per heavy atom. The van der Waals surface area contributed by atoms with Crippen molar-refractivity contribution in [3.05, 3.63) is 24.4 Å². The van der Waals surface area contributed by atoms with E-state index in [-0.39, 0.29) is 11.8 Å². The Balaban J connectivity index is 2.06. The standard InChI is InChI=1S/C16H24N2O/c1-11(2)13-8-7-12(3)10-14(13)16(19)18-15-6-4-5-9-17-15/h4-6,9,11-14H,7-8,10H2,1-3H3,(H,17,18,19)/t12-,13+,14-/m1/s1. The summed E-state index contributed by atoms with van der Waals surface area (Å²) in [6.07, 6.45) is 5.12. The largest absolute Gasteiger partial charge is 0.310 e. The lowest BCUT2D eigenvalue weighted by Gasteiger charge is -2.36. The number of hydrogen-bond donors (Lipinski definition) is 1. The molecular weight excluding hydrogens is 236 g/mol. The Bertz CT molecular complexity index is 416. The molecule has 1 saturated carbocycles. The topological polar surface area (TPSA) is 42.0 Å². The molecule has 3 nitrogen and oxygen atoms in total. The van der Waals surface area contributed by atoms with Crippen LogP contribution in [0, 0.1) is 23.7 Å². The van der Waals surface area contributed by atoms with Crippen molar-refractivity contribution in [3.63, 3.8) is 0 Å². The van der Waals surface area contributed by atoms with Crippen LogP contribution in [0.5, 0.6) is 0 Å². The van der Waals surface area contributed by atoms with Crippen LogP contribution in [0.15, 0.2) is 24.4 Å². The Kier molecular flexibility index (Phi) is 4.56. The SMILES string of the molecule is CC(C)[C@@H]1CC[C@@H](C)C[C@H]1C(=O)Nc1ccccn1. The number of pyridine rings is 1. The van der Waals surface area contributed by atoms with Crippen LogP contribution >= 0.6 is 0 Å². The summed E-state index contributed by atoms with van der Waals surface area (Å²) in [6.45, 7) is 6.70. The van der Waals surface area contributed by atoms with E-state index in [0.717, 1.165) is 6.42 Å². The number of nitrogens with one attached hydrogen (secondary N) is 1. The van der Waals surface area contributed by atoms with Gasteiger partial charge in [0, 0.05) is 12.1 Å². The van der Waals surface area contributed by atoms with Gasteiger partial charge in [0.05, 0.1) is 0 Å². The Morgan fingerprint density at radius 1 is 1.37 bits per heavy atom. The number of anilines is 1. The van der Waals surface area contributed by atoms with Crippen molar-refractivity contribution >= 4 is 11.7 Å². The van der Waals surface area contributed by atoms with Crippen molar-refractivity contribution in [2.75, 3.05) is 5.32 Å². The predicted molar refractivity (Wildman–Crippen MR) is 77.7 cm³/mol. The third kappa shape index (κ3) is 3.55. The molecule has 1 fully saturated rings. The van der Waals surface area contributed by atoms with E-state index in [1.807, 2.05) is 18.2 Å². The average Bonchev–Trinajstić information content (AvgIpc) is 2.39. The lowest BCUT2D eigenvalue weighted by molar-refractivity contribution is -0.124. The zero-order chi connectivity index (χ0) is 13.8. The van der Waals surface area contributed by atoms with Crippen LogP contribution in [0.3, 0.4) is 0 Å². The van der Waals surface area contributed by atoms with E-state index in [1.54, 1.807) is 6.20 Å². The number of carbonyl (C=O) groups is 1. The van der Waals surface area contributed by atoms with Crippen molar-refractivity contribution in [2.24, 2.45) is 23.7 Å². The van der Waals surface area contributed by atoms with Crippen molar-refractivity contribution in [3.8, 4) is 0 Å². The second kappa shape index (κ2) is 6.18. The van der Waals surface area contributed by atoms with E-state index < -0.39 is 0 Å². The molecule has 104 valence electrons. The van der Waals surface area contributed by atoms with Crippen LogP contribution in [-0.2, 0) is 4.79 Å². The van der Waals surface area contributed by atoms with E-state index in [4.69, 9.17) is 0 Å². The minimum absolute atomic E-state index is 0.130. The number of amides is 1. The molecule has 0 aromatic carbocycles. The second-order valence-corrected chi connectivity index (χ2v) is 6.14. The summed E-state index contributed by atoms with van der Waals surface area (Å²) < 4.78 is 0. The molecule has 1 amide bonds. The highest BCUT2D eigenvalue weighted by atomic mass is 16.2. The molecule has 0 spiro atoms.